The van der Waals surface area contributed by atoms with Crippen LogP contribution >= 0.6 is 11.3 Å². The largest absolute Gasteiger partial charge is 0.374 e. The predicted octanol–water partition coefficient (Wildman–Crippen LogP) is 3.48. The molecular weight excluding hydrogens is 230 g/mol. The van der Waals surface area contributed by atoms with Crippen molar-refractivity contribution in [2.75, 3.05) is 19.7 Å². The van der Waals surface area contributed by atoms with Crippen LogP contribution < -0.4 is 5.32 Å². The highest BCUT2D eigenvalue weighted by molar-refractivity contribution is 7.09. The van der Waals surface area contributed by atoms with Gasteiger partial charge in [0.15, 0.2) is 0 Å². The van der Waals surface area contributed by atoms with Gasteiger partial charge in [0.1, 0.15) is 0 Å². The number of ether oxygens (including phenoxy) is 1. The Hall–Kier alpha value is -0.380. The number of nitrogens with one attached hydrogen (secondary N) is 1. The first-order valence-corrected chi connectivity index (χ1v) is 7.45. The van der Waals surface area contributed by atoms with Gasteiger partial charge < -0.3 is 10.1 Å². The zero-order chi connectivity index (χ0) is 12.6. The fraction of sp³-hybridized carbons (Fsp3) is 0.714. The molecule has 17 heavy (non-hydrogen) atoms. The van der Waals surface area contributed by atoms with Crippen molar-refractivity contribution in [3.8, 4) is 0 Å². The van der Waals surface area contributed by atoms with Crippen molar-refractivity contribution < 1.29 is 4.74 Å². The van der Waals surface area contributed by atoms with Gasteiger partial charge in [-0.3, -0.25) is 0 Å². The molecule has 1 aromatic heterocycles. The zero-order valence-electron chi connectivity index (χ0n) is 11.3. The van der Waals surface area contributed by atoms with E-state index in [2.05, 4.69) is 43.6 Å². The second-order valence-corrected chi connectivity index (χ2v) is 5.69. The standard InChI is InChI=1S/C14H25NOS/c1-4-9-15-12-14(3,5-2)16-10-8-13-7-6-11-17-13/h6-7,11,15H,4-5,8-10,12H2,1-3H3. The van der Waals surface area contributed by atoms with E-state index in [1.807, 2.05) is 0 Å². The van der Waals surface area contributed by atoms with Crippen LogP contribution in [0.2, 0.25) is 0 Å². The Kier molecular flexibility index (Phi) is 6.78. The van der Waals surface area contributed by atoms with Crippen molar-refractivity contribution in [3.05, 3.63) is 22.4 Å². The number of hydrogen-bond acceptors (Lipinski definition) is 3. The van der Waals surface area contributed by atoms with Crippen LogP contribution in [0.4, 0.5) is 0 Å². The van der Waals surface area contributed by atoms with Crippen molar-refractivity contribution in [1.82, 2.24) is 5.32 Å². The van der Waals surface area contributed by atoms with E-state index in [-0.39, 0.29) is 5.60 Å². The number of hydrogen-bond donors (Lipinski definition) is 1. The molecule has 0 fully saturated rings. The lowest BCUT2D eigenvalue weighted by molar-refractivity contribution is -0.0312. The molecule has 1 N–H and O–H groups in total. The minimum absolute atomic E-state index is 0.0214. The quantitative estimate of drug-likeness (QED) is 0.682. The molecule has 0 aliphatic carbocycles. The van der Waals surface area contributed by atoms with Gasteiger partial charge in [-0.1, -0.05) is 19.9 Å². The Morgan fingerprint density at radius 3 is 2.82 bits per heavy atom. The van der Waals surface area contributed by atoms with Gasteiger partial charge in [-0.05, 0) is 37.8 Å². The van der Waals surface area contributed by atoms with Crippen molar-refractivity contribution in [2.24, 2.45) is 0 Å². The molecule has 3 heteroatoms. The molecule has 1 aromatic rings. The van der Waals surface area contributed by atoms with Crippen LogP contribution in [0.15, 0.2) is 17.5 Å². The molecule has 0 aliphatic heterocycles. The molecule has 98 valence electrons. The van der Waals surface area contributed by atoms with Gasteiger partial charge in [0.25, 0.3) is 0 Å². The molecule has 1 rings (SSSR count). The van der Waals surface area contributed by atoms with E-state index in [4.69, 9.17) is 4.74 Å². The smallest absolute Gasteiger partial charge is 0.0775 e. The van der Waals surface area contributed by atoms with Crippen molar-refractivity contribution in [3.63, 3.8) is 0 Å². The zero-order valence-corrected chi connectivity index (χ0v) is 12.1. The van der Waals surface area contributed by atoms with Crippen LogP contribution in [-0.4, -0.2) is 25.3 Å². The summed E-state index contributed by atoms with van der Waals surface area (Å²) < 4.78 is 6.04. The molecule has 0 saturated carbocycles. The van der Waals surface area contributed by atoms with Gasteiger partial charge in [0.2, 0.25) is 0 Å². The summed E-state index contributed by atoms with van der Waals surface area (Å²) in [6.45, 7) is 9.42. The van der Waals surface area contributed by atoms with Crippen molar-refractivity contribution in [2.45, 2.75) is 45.6 Å². The number of rotatable bonds is 9. The summed E-state index contributed by atoms with van der Waals surface area (Å²) in [4.78, 5) is 1.41. The average molecular weight is 255 g/mol. The van der Waals surface area contributed by atoms with Crippen LogP contribution in [0.1, 0.15) is 38.5 Å². The summed E-state index contributed by atoms with van der Waals surface area (Å²) in [6, 6.07) is 4.27. The van der Waals surface area contributed by atoms with E-state index < -0.39 is 0 Å². The summed E-state index contributed by atoms with van der Waals surface area (Å²) >= 11 is 1.81. The van der Waals surface area contributed by atoms with Crippen molar-refractivity contribution >= 4 is 11.3 Å². The molecule has 0 bridgehead atoms. The first-order chi connectivity index (χ1) is 8.20. The van der Waals surface area contributed by atoms with Gasteiger partial charge in [-0.15, -0.1) is 11.3 Å². The fourth-order valence-electron chi connectivity index (χ4n) is 1.66. The second-order valence-electron chi connectivity index (χ2n) is 4.66. The van der Waals surface area contributed by atoms with E-state index >= 15 is 0 Å². The Morgan fingerprint density at radius 2 is 2.24 bits per heavy atom. The first-order valence-electron chi connectivity index (χ1n) is 6.57. The van der Waals surface area contributed by atoms with Gasteiger partial charge in [-0.25, -0.2) is 0 Å². The molecule has 0 aliphatic rings. The Bertz CT molecular complexity index is 286. The van der Waals surface area contributed by atoms with E-state index in [0.717, 1.165) is 32.5 Å². The summed E-state index contributed by atoms with van der Waals surface area (Å²) in [5, 5.41) is 5.57. The van der Waals surface area contributed by atoms with Crippen molar-refractivity contribution in [1.29, 1.82) is 0 Å². The normalized spacial score (nSPS) is 14.8. The topological polar surface area (TPSA) is 21.3 Å². The predicted molar refractivity (Wildman–Crippen MR) is 75.8 cm³/mol. The maximum absolute atomic E-state index is 6.04. The SMILES string of the molecule is CCCNCC(C)(CC)OCCc1cccs1. The molecule has 0 amide bonds. The Labute approximate surface area is 109 Å². The Morgan fingerprint density at radius 1 is 1.41 bits per heavy atom. The first kappa shape index (κ1) is 14.7. The summed E-state index contributed by atoms with van der Waals surface area (Å²) in [6.07, 6.45) is 3.25. The van der Waals surface area contributed by atoms with E-state index in [1.165, 1.54) is 11.3 Å². The number of thiophene rings is 1. The lowest BCUT2D eigenvalue weighted by Gasteiger charge is -2.29. The summed E-state index contributed by atoms with van der Waals surface area (Å²) in [5.41, 5.74) is -0.0214. The van der Waals surface area contributed by atoms with E-state index in [1.54, 1.807) is 11.3 Å². The van der Waals surface area contributed by atoms with E-state index in [0.29, 0.717) is 0 Å². The highest BCUT2D eigenvalue weighted by Crippen LogP contribution is 2.16. The fourth-order valence-corrected chi connectivity index (χ4v) is 2.35. The van der Waals surface area contributed by atoms with Crippen LogP contribution in [0, 0.1) is 0 Å². The molecule has 0 saturated heterocycles. The monoisotopic (exact) mass is 255 g/mol. The average Bonchev–Trinajstić information content (AvgIpc) is 2.82. The van der Waals surface area contributed by atoms with Crippen LogP contribution in [0.25, 0.3) is 0 Å². The van der Waals surface area contributed by atoms with Crippen LogP contribution in [0.5, 0.6) is 0 Å². The van der Waals surface area contributed by atoms with Gasteiger partial charge in [0, 0.05) is 17.8 Å². The molecule has 0 radical (unpaired) electrons. The van der Waals surface area contributed by atoms with E-state index in [9.17, 15) is 0 Å². The molecule has 1 atom stereocenters. The molecular formula is C14H25NOS. The third-order valence-corrected chi connectivity index (χ3v) is 3.99. The molecule has 1 heterocycles. The molecule has 2 nitrogen and oxygen atoms in total. The van der Waals surface area contributed by atoms with Gasteiger partial charge >= 0.3 is 0 Å². The summed E-state index contributed by atoms with van der Waals surface area (Å²) in [5.74, 6) is 0. The maximum Gasteiger partial charge on any atom is 0.0775 e. The molecule has 0 aromatic carbocycles. The lowest BCUT2D eigenvalue weighted by Crippen LogP contribution is -2.40. The molecule has 1 unspecified atom stereocenters. The van der Waals surface area contributed by atoms with Crippen LogP contribution in [-0.2, 0) is 11.2 Å². The molecule has 0 spiro atoms. The maximum atomic E-state index is 6.04. The highest BCUT2D eigenvalue weighted by atomic mass is 32.1. The summed E-state index contributed by atoms with van der Waals surface area (Å²) in [7, 11) is 0. The van der Waals surface area contributed by atoms with Crippen LogP contribution in [0.3, 0.4) is 0 Å². The minimum atomic E-state index is -0.0214. The third kappa shape index (κ3) is 5.66. The third-order valence-electron chi connectivity index (χ3n) is 3.05. The highest BCUT2D eigenvalue weighted by Gasteiger charge is 2.21. The Balaban J connectivity index is 2.25. The lowest BCUT2D eigenvalue weighted by atomic mass is 10.0. The van der Waals surface area contributed by atoms with Gasteiger partial charge in [-0.2, -0.15) is 0 Å². The second kappa shape index (κ2) is 7.85. The van der Waals surface area contributed by atoms with Gasteiger partial charge in [0.05, 0.1) is 12.2 Å². The minimum Gasteiger partial charge on any atom is -0.374 e.